The molecule has 0 aliphatic rings. The number of aromatic nitrogens is 2. The molecular weight excluding hydrogens is 264 g/mol. The minimum absolute atomic E-state index is 0.00404. The number of nitrogens with zero attached hydrogens (tertiary/aromatic N) is 2. The highest BCUT2D eigenvalue weighted by atomic mass is 35.5. The first-order valence-electron chi connectivity index (χ1n) is 4.91. The summed E-state index contributed by atoms with van der Waals surface area (Å²) < 4.78 is 30.9. The van der Waals surface area contributed by atoms with Crippen LogP contribution in [0.2, 0.25) is 5.02 Å². The highest BCUT2D eigenvalue weighted by Gasteiger charge is 2.06. The number of nitrogen functional groups attached to an aromatic ring is 1. The van der Waals surface area contributed by atoms with Crippen molar-refractivity contribution in [2.45, 2.75) is 6.61 Å². The molecule has 18 heavy (non-hydrogen) atoms. The third kappa shape index (κ3) is 2.84. The van der Waals surface area contributed by atoms with Crippen LogP contribution in [0, 0.1) is 11.6 Å². The Bertz CT molecular complexity index is 529. The molecule has 0 amide bonds. The number of anilines is 1. The number of hydrogen-bond donors (Lipinski definition) is 1. The molecule has 0 radical (unpaired) electrons. The molecule has 0 aliphatic carbocycles. The highest BCUT2D eigenvalue weighted by molar-refractivity contribution is 6.30. The lowest BCUT2D eigenvalue weighted by atomic mass is 10.2. The number of hydrogen-bond acceptors (Lipinski definition) is 4. The molecule has 1 heterocycles. The zero-order valence-corrected chi connectivity index (χ0v) is 9.79. The number of nitrogens with two attached hydrogens (primary N) is 1. The standard InChI is InChI=1S/C11H8ClF2N3O/c12-7-3-6(1-2-8(7)13)5-18-11-16-4-9(14)10(15)17-11/h1-4H,5H2,(H2,15,16,17). The first-order valence-corrected chi connectivity index (χ1v) is 5.29. The molecule has 7 heteroatoms. The van der Waals surface area contributed by atoms with E-state index in [0.29, 0.717) is 5.56 Å². The Labute approximate surface area is 106 Å². The molecule has 0 saturated carbocycles. The van der Waals surface area contributed by atoms with Crippen molar-refractivity contribution < 1.29 is 13.5 Å². The van der Waals surface area contributed by atoms with Crippen LogP contribution in [0.15, 0.2) is 24.4 Å². The SMILES string of the molecule is Nc1nc(OCc2ccc(F)c(Cl)c2)ncc1F. The van der Waals surface area contributed by atoms with Gasteiger partial charge in [0, 0.05) is 0 Å². The summed E-state index contributed by atoms with van der Waals surface area (Å²) in [6.07, 6.45) is 0.912. The van der Waals surface area contributed by atoms with Crippen molar-refractivity contribution in [2.75, 3.05) is 5.73 Å². The molecule has 1 aromatic carbocycles. The first kappa shape index (κ1) is 12.5. The zero-order valence-electron chi connectivity index (χ0n) is 9.03. The minimum atomic E-state index is -0.716. The van der Waals surface area contributed by atoms with Gasteiger partial charge in [-0.15, -0.1) is 0 Å². The maximum atomic E-state index is 12.9. The van der Waals surface area contributed by atoms with Crippen LogP contribution in [-0.2, 0) is 6.61 Å². The van der Waals surface area contributed by atoms with Crippen molar-refractivity contribution in [3.63, 3.8) is 0 Å². The van der Waals surface area contributed by atoms with E-state index in [9.17, 15) is 8.78 Å². The van der Waals surface area contributed by atoms with Crippen LogP contribution in [0.25, 0.3) is 0 Å². The van der Waals surface area contributed by atoms with Crippen molar-refractivity contribution in [3.05, 3.63) is 46.6 Å². The molecule has 0 spiro atoms. The van der Waals surface area contributed by atoms with E-state index >= 15 is 0 Å². The molecule has 4 nitrogen and oxygen atoms in total. The molecule has 0 saturated heterocycles. The average Bonchev–Trinajstić information content (AvgIpc) is 2.35. The van der Waals surface area contributed by atoms with E-state index in [2.05, 4.69) is 9.97 Å². The molecule has 0 fully saturated rings. The van der Waals surface area contributed by atoms with E-state index in [4.69, 9.17) is 22.1 Å². The summed E-state index contributed by atoms with van der Waals surface area (Å²) in [7, 11) is 0. The van der Waals surface area contributed by atoms with Crippen LogP contribution in [0.4, 0.5) is 14.6 Å². The highest BCUT2D eigenvalue weighted by Crippen LogP contribution is 2.17. The molecule has 2 rings (SSSR count). The fourth-order valence-corrected chi connectivity index (χ4v) is 1.41. The maximum Gasteiger partial charge on any atom is 0.318 e. The van der Waals surface area contributed by atoms with Crippen LogP contribution < -0.4 is 10.5 Å². The average molecular weight is 272 g/mol. The number of ether oxygens (including phenoxy) is 1. The summed E-state index contributed by atoms with van der Waals surface area (Å²) in [5.74, 6) is -1.52. The van der Waals surface area contributed by atoms with E-state index in [0.717, 1.165) is 6.20 Å². The second kappa shape index (κ2) is 5.14. The third-order valence-corrected chi connectivity index (χ3v) is 2.39. The van der Waals surface area contributed by atoms with Gasteiger partial charge in [0.15, 0.2) is 11.6 Å². The lowest BCUT2D eigenvalue weighted by Gasteiger charge is -2.05. The van der Waals surface area contributed by atoms with Crippen molar-refractivity contribution in [2.24, 2.45) is 0 Å². The summed E-state index contributed by atoms with van der Waals surface area (Å²) in [5.41, 5.74) is 5.89. The summed E-state index contributed by atoms with van der Waals surface area (Å²) in [5, 5.41) is -0.00404. The Hall–Kier alpha value is -1.95. The second-order valence-electron chi connectivity index (χ2n) is 3.42. The number of rotatable bonds is 3. The van der Waals surface area contributed by atoms with Crippen molar-refractivity contribution in [3.8, 4) is 6.01 Å². The molecule has 1 aromatic heterocycles. The smallest absolute Gasteiger partial charge is 0.318 e. The van der Waals surface area contributed by atoms with E-state index in [1.807, 2.05) is 0 Å². The molecule has 0 atom stereocenters. The monoisotopic (exact) mass is 271 g/mol. The van der Waals surface area contributed by atoms with Gasteiger partial charge >= 0.3 is 6.01 Å². The van der Waals surface area contributed by atoms with Gasteiger partial charge in [-0.3, -0.25) is 0 Å². The summed E-state index contributed by atoms with van der Waals surface area (Å²) >= 11 is 5.61. The quantitative estimate of drug-likeness (QED) is 0.932. The lowest BCUT2D eigenvalue weighted by Crippen LogP contribution is -2.03. The van der Waals surface area contributed by atoms with E-state index in [1.165, 1.54) is 18.2 Å². The summed E-state index contributed by atoms with van der Waals surface area (Å²) in [4.78, 5) is 7.19. The van der Waals surface area contributed by atoms with Crippen molar-refractivity contribution in [1.82, 2.24) is 9.97 Å². The van der Waals surface area contributed by atoms with Gasteiger partial charge in [0.2, 0.25) is 0 Å². The van der Waals surface area contributed by atoms with Gasteiger partial charge in [-0.2, -0.15) is 4.98 Å². The van der Waals surface area contributed by atoms with Crippen LogP contribution in [-0.4, -0.2) is 9.97 Å². The fraction of sp³-hybridized carbons (Fsp3) is 0.0909. The molecular formula is C11H8ClF2N3O. The third-order valence-electron chi connectivity index (χ3n) is 2.10. The molecule has 2 aromatic rings. The predicted molar refractivity (Wildman–Crippen MR) is 62.1 cm³/mol. The molecule has 2 N–H and O–H groups in total. The Kier molecular flexibility index (Phi) is 3.57. The predicted octanol–water partition coefficient (Wildman–Crippen LogP) is 2.57. The normalized spacial score (nSPS) is 10.4. The van der Waals surface area contributed by atoms with Gasteiger partial charge in [0.1, 0.15) is 12.4 Å². The Morgan fingerprint density at radius 3 is 2.72 bits per heavy atom. The lowest BCUT2D eigenvalue weighted by molar-refractivity contribution is 0.280. The van der Waals surface area contributed by atoms with Crippen LogP contribution >= 0.6 is 11.6 Å². The van der Waals surface area contributed by atoms with Crippen LogP contribution in [0.5, 0.6) is 6.01 Å². The zero-order chi connectivity index (χ0) is 13.1. The van der Waals surface area contributed by atoms with E-state index in [1.54, 1.807) is 0 Å². The van der Waals surface area contributed by atoms with Gasteiger partial charge < -0.3 is 10.5 Å². The molecule has 0 bridgehead atoms. The number of halogens is 3. The van der Waals surface area contributed by atoms with Crippen molar-refractivity contribution >= 4 is 17.4 Å². The van der Waals surface area contributed by atoms with E-state index in [-0.39, 0.29) is 23.5 Å². The summed E-state index contributed by atoms with van der Waals surface area (Å²) in [6, 6.07) is 4.09. The van der Waals surface area contributed by atoms with Gasteiger partial charge in [0.05, 0.1) is 11.2 Å². The Morgan fingerprint density at radius 2 is 2.06 bits per heavy atom. The Morgan fingerprint density at radius 1 is 1.28 bits per heavy atom. The summed E-state index contributed by atoms with van der Waals surface area (Å²) in [6.45, 7) is 0.0745. The van der Waals surface area contributed by atoms with Crippen LogP contribution in [0.3, 0.4) is 0 Å². The van der Waals surface area contributed by atoms with Gasteiger partial charge in [-0.05, 0) is 17.7 Å². The minimum Gasteiger partial charge on any atom is -0.459 e. The topological polar surface area (TPSA) is 61.0 Å². The largest absolute Gasteiger partial charge is 0.459 e. The number of benzene rings is 1. The molecule has 94 valence electrons. The van der Waals surface area contributed by atoms with Gasteiger partial charge in [-0.1, -0.05) is 17.7 Å². The van der Waals surface area contributed by atoms with Gasteiger partial charge in [-0.25, -0.2) is 13.8 Å². The van der Waals surface area contributed by atoms with E-state index < -0.39 is 11.6 Å². The second-order valence-corrected chi connectivity index (χ2v) is 3.83. The maximum absolute atomic E-state index is 12.9. The van der Waals surface area contributed by atoms with Crippen LogP contribution in [0.1, 0.15) is 5.56 Å². The molecule has 0 unspecified atom stereocenters. The van der Waals surface area contributed by atoms with Gasteiger partial charge in [0.25, 0.3) is 0 Å². The Balaban J connectivity index is 2.06. The first-order chi connectivity index (χ1) is 8.56. The van der Waals surface area contributed by atoms with Crippen molar-refractivity contribution in [1.29, 1.82) is 0 Å². The molecule has 0 aliphatic heterocycles. The fourth-order valence-electron chi connectivity index (χ4n) is 1.21.